The van der Waals surface area contributed by atoms with Crippen LogP contribution in [0.3, 0.4) is 0 Å². The van der Waals surface area contributed by atoms with Crippen LogP contribution in [0.15, 0.2) is 71.6 Å². The number of rotatable bonds is 9. The largest absolute Gasteiger partial charge is 0.490 e. The molecule has 190 valence electrons. The van der Waals surface area contributed by atoms with Crippen LogP contribution in [0.1, 0.15) is 18.1 Å². The summed E-state index contributed by atoms with van der Waals surface area (Å²) < 4.78 is 24.7. The van der Waals surface area contributed by atoms with Gasteiger partial charge in [0, 0.05) is 5.69 Å². The highest BCUT2D eigenvalue weighted by atomic mass is 35.5. The Bertz CT molecular complexity index is 1350. The lowest BCUT2D eigenvalue weighted by atomic mass is 10.1. The third-order valence-corrected chi connectivity index (χ3v) is 6.35. The number of nitrogens with zero attached hydrogens (tertiary/aromatic N) is 1. The topological polar surface area (TPSA) is 84.9 Å². The number of hydrogen-bond donors (Lipinski definition) is 1. The van der Waals surface area contributed by atoms with Gasteiger partial charge in [0.1, 0.15) is 19.0 Å². The second kappa shape index (κ2) is 11.9. The Morgan fingerprint density at radius 1 is 1.08 bits per heavy atom. The van der Waals surface area contributed by atoms with Gasteiger partial charge in [0.25, 0.3) is 11.1 Å². The van der Waals surface area contributed by atoms with Crippen LogP contribution < -0.4 is 14.8 Å². The zero-order valence-corrected chi connectivity index (χ0v) is 21.3. The smallest absolute Gasteiger partial charge is 0.294 e. The van der Waals surface area contributed by atoms with Gasteiger partial charge in [-0.25, -0.2) is 4.39 Å². The van der Waals surface area contributed by atoms with Gasteiger partial charge >= 0.3 is 0 Å². The zero-order valence-electron chi connectivity index (χ0n) is 19.7. The number of benzene rings is 3. The van der Waals surface area contributed by atoms with E-state index in [4.69, 9.17) is 21.1 Å². The predicted molar refractivity (Wildman–Crippen MR) is 141 cm³/mol. The maximum atomic E-state index is 13.1. The fourth-order valence-corrected chi connectivity index (χ4v) is 4.58. The molecule has 1 fully saturated rings. The van der Waals surface area contributed by atoms with Crippen molar-refractivity contribution in [2.45, 2.75) is 13.5 Å². The van der Waals surface area contributed by atoms with Crippen LogP contribution >= 0.6 is 23.4 Å². The molecular weight excluding hydrogens is 519 g/mol. The Morgan fingerprint density at radius 2 is 1.81 bits per heavy atom. The SMILES string of the molecule is CCOc1cc(/C=C2\SC(=O)N(CC(=O)Nc3ccc(F)cc3)C2=O)cc(Cl)c1OCc1ccccc1. The van der Waals surface area contributed by atoms with Gasteiger partial charge in [-0.2, -0.15) is 0 Å². The molecule has 0 saturated carbocycles. The Balaban J connectivity index is 1.48. The van der Waals surface area contributed by atoms with Crippen LogP contribution in [0.2, 0.25) is 5.02 Å². The number of nitrogens with one attached hydrogen (secondary N) is 1. The van der Waals surface area contributed by atoms with Crippen LogP contribution in [0, 0.1) is 5.82 Å². The number of hydrogen-bond acceptors (Lipinski definition) is 6. The van der Waals surface area contributed by atoms with Gasteiger partial charge in [-0.15, -0.1) is 0 Å². The van der Waals surface area contributed by atoms with Gasteiger partial charge in [0.2, 0.25) is 5.91 Å². The second-order valence-electron chi connectivity index (χ2n) is 7.86. The molecule has 3 aromatic rings. The van der Waals surface area contributed by atoms with Crippen molar-refractivity contribution in [2.75, 3.05) is 18.5 Å². The molecule has 10 heteroatoms. The van der Waals surface area contributed by atoms with Crippen LogP contribution in [-0.4, -0.2) is 35.1 Å². The lowest BCUT2D eigenvalue weighted by molar-refractivity contribution is -0.127. The van der Waals surface area contributed by atoms with E-state index < -0.39 is 29.4 Å². The van der Waals surface area contributed by atoms with Gasteiger partial charge in [-0.05, 0) is 72.3 Å². The summed E-state index contributed by atoms with van der Waals surface area (Å²) in [6.45, 7) is 2.00. The highest BCUT2D eigenvalue weighted by Crippen LogP contribution is 2.39. The first kappa shape index (κ1) is 26.2. The Hall–Kier alpha value is -3.82. The molecular formula is C27H22ClFN2O5S. The van der Waals surface area contributed by atoms with Crippen molar-refractivity contribution in [3.05, 3.63) is 93.6 Å². The third kappa shape index (κ3) is 6.69. The summed E-state index contributed by atoms with van der Waals surface area (Å²) in [4.78, 5) is 38.7. The van der Waals surface area contributed by atoms with E-state index >= 15 is 0 Å². The Labute approximate surface area is 222 Å². The average Bonchev–Trinajstić information content (AvgIpc) is 3.13. The van der Waals surface area contributed by atoms with Gasteiger partial charge in [0.05, 0.1) is 16.5 Å². The first-order valence-electron chi connectivity index (χ1n) is 11.3. The van der Waals surface area contributed by atoms with E-state index in [1.807, 2.05) is 37.3 Å². The minimum Gasteiger partial charge on any atom is -0.490 e. The van der Waals surface area contributed by atoms with Gasteiger partial charge in [-0.3, -0.25) is 19.3 Å². The molecule has 0 aliphatic carbocycles. The second-order valence-corrected chi connectivity index (χ2v) is 9.26. The molecule has 0 radical (unpaired) electrons. The average molecular weight is 541 g/mol. The summed E-state index contributed by atoms with van der Waals surface area (Å²) in [6, 6.07) is 18.0. The molecule has 1 heterocycles. The number of carbonyl (C=O) groups is 3. The molecule has 3 amide bonds. The van der Waals surface area contributed by atoms with Crippen LogP contribution in [-0.2, 0) is 16.2 Å². The van der Waals surface area contributed by atoms with Crippen molar-refractivity contribution in [1.82, 2.24) is 4.90 Å². The van der Waals surface area contributed by atoms with Crippen molar-refractivity contribution in [3.63, 3.8) is 0 Å². The van der Waals surface area contributed by atoms with E-state index in [1.54, 1.807) is 12.1 Å². The van der Waals surface area contributed by atoms with E-state index in [2.05, 4.69) is 5.32 Å². The molecule has 1 N–H and O–H groups in total. The zero-order chi connectivity index (χ0) is 26.4. The molecule has 0 spiro atoms. The quantitative estimate of drug-likeness (QED) is 0.329. The number of thioether (sulfide) groups is 1. The molecule has 0 aromatic heterocycles. The molecule has 4 rings (SSSR count). The Morgan fingerprint density at radius 3 is 2.51 bits per heavy atom. The molecule has 37 heavy (non-hydrogen) atoms. The fourth-order valence-electron chi connectivity index (χ4n) is 3.47. The summed E-state index contributed by atoms with van der Waals surface area (Å²) in [5, 5.41) is 2.24. The number of ether oxygens (including phenoxy) is 2. The number of halogens is 2. The first-order valence-corrected chi connectivity index (χ1v) is 12.5. The minimum absolute atomic E-state index is 0.135. The number of carbonyl (C=O) groups excluding carboxylic acids is 3. The van der Waals surface area contributed by atoms with Crippen LogP contribution in [0.25, 0.3) is 6.08 Å². The highest BCUT2D eigenvalue weighted by Gasteiger charge is 2.36. The molecule has 0 unspecified atom stereocenters. The van der Waals surface area contributed by atoms with E-state index in [1.165, 1.54) is 30.3 Å². The van der Waals surface area contributed by atoms with Crippen molar-refractivity contribution >= 4 is 52.2 Å². The normalized spacial score (nSPS) is 14.2. The lowest BCUT2D eigenvalue weighted by Crippen LogP contribution is -2.36. The standard InChI is InChI=1S/C27H22ClFN2O5S/c1-2-35-22-13-18(12-21(28)25(22)36-16-17-6-4-3-5-7-17)14-23-26(33)31(27(34)37-23)15-24(32)30-20-10-8-19(29)9-11-20/h3-14H,2,15-16H2,1H3,(H,30,32)/b23-14-. The summed E-state index contributed by atoms with van der Waals surface area (Å²) in [6.07, 6.45) is 1.51. The maximum Gasteiger partial charge on any atom is 0.294 e. The lowest BCUT2D eigenvalue weighted by Gasteiger charge is -2.15. The molecule has 0 bridgehead atoms. The van der Waals surface area contributed by atoms with E-state index in [0.717, 1.165) is 22.2 Å². The van der Waals surface area contributed by atoms with E-state index in [9.17, 15) is 18.8 Å². The molecule has 1 saturated heterocycles. The Kier molecular flexibility index (Phi) is 8.47. The van der Waals surface area contributed by atoms with Crippen molar-refractivity contribution in [1.29, 1.82) is 0 Å². The van der Waals surface area contributed by atoms with Crippen molar-refractivity contribution in [2.24, 2.45) is 0 Å². The van der Waals surface area contributed by atoms with Crippen molar-refractivity contribution in [3.8, 4) is 11.5 Å². The van der Waals surface area contributed by atoms with Crippen LogP contribution in [0.5, 0.6) is 11.5 Å². The summed E-state index contributed by atoms with van der Waals surface area (Å²) in [7, 11) is 0. The van der Waals surface area contributed by atoms with Crippen molar-refractivity contribution < 1.29 is 28.2 Å². The summed E-state index contributed by atoms with van der Waals surface area (Å²) in [5.74, 6) is -0.873. The number of imide groups is 1. The van der Waals surface area contributed by atoms with Gasteiger partial charge < -0.3 is 14.8 Å². The van der Waals surface area contributed by atoms with Gasteiger partial charge in [0.15, 0.2) is 11.5 Å². The maximum absolute atomic E-state index is 13.1. The highest BCUT2D eigenvalue weighted by molar-refractivity contribution is 8.18. The molecule has 7 nitrogen and oxygen atoms in total. The molecule has 1 aliphatic heterocycles. The summed E-state index contributed by atoms with van der Waals surface area (Å²) in [5.41, 5.74) is 1.84. The van der Waals surface area contributed by atoms with Crippen LogP contribution in [0.4, 0.5) is 14.9 Å². The third-order valence-electron chi connectivity index (χ3n) is 5.16. The first-order chi connectivity index (χ1) is 17.8. The van der Waals surface area contributed by atoms with E-state index in [0.29, 0.717) is 36.0 Å². The molecule has 1 aliphatic rings. The predicted octanol–water partition coefficient (Wildman–Crippen LogP) is 6.13. The van der Waals surface area contributed by atoms with E-state index in [-0.39, 0.29) is 9.93 Å². The van der Waals surface area contributed by atoms with Gasteiger partial charge in [-0.1, -0.05) is 41.9 Å². The molecule has 3 aromatic carbocycles. The molecule has 0 atom stereocenters. The number of amides is 3. The summed E-state index contributed by atoms with van der Waals surface area (Å²) >= 11 is 7.21. The minimum atomic E-state index is -0.609. The number of anilines is 1. The monoisotopic (exact) mass is 540 g/mol. The fraction of sp³-hybridized carbons (Fsp3) is 0.148.